The first-order valence-corrected chi connectivity index (χ1v) is 13.1. The standard InChI is InChI=1S/C29H29BrN4O2/c1-19-4-7-24(8-5-19)34-28(35)29(20(2)31-34)17-21-16-22(30)6-13-26(21)33-15-14-32(18-27(29)33)23-9-11-25(36-3)12-10-23/h4-13,16,27H,14-15,17-18H2,1-3H3/t27-,29+/m1/s1. The Morgan fingerprint density at radius 2 is 1.69 bits per heavy atom. The van der Waals surface area contributed by atoms with Crippen LogP contribution in [0.3, 0.4) is 0 Å². The second kappa shape index (κ2) is 8.66. The van der Waals surface area contributed by atoms with Gasteiger partial charge in [0, 0.05) is 35.5 Å². The molecule has 36 heavy (non-hydrogen) atoms. The highest BCUT2D eigenvalue weighted by Gasteiger charge is 2.60. The van der Waals surface area contributed by atoms with Crippen LogP contribution in [0.1, 0.15) is 18.1 Å². The molecule has 0 unspecified atom stereocenters. The molecule has 2 atom stereocenters. The quantitative estimate of drug-likeness (QED) is 0.441. The van der Waals surface area contributed by atoms with Crippen molar-refractivity contribution in [2.75, 3.05) is 41.6 Å². The van der Waals surface area contributed by atoms with Gasteiger partial charge in [-0.3, -0.25) is 4.79 Å². The van der Waals surface area contributed by atoms with E-state index in [0.717, 1.165) is 52.5 Å². The number of nitrogens with zero attached hydrogens (tertiary/aromatic N) is 4. The maximum atomic E-state index is 14.4. The van der Waals surface area contributed by atoms with Gasteiger partial charge in [-0.1, -0.05) is 33.6 Å². The van der Waals surface area contributed by atoms with Crippen LogP contribution in [0.5, 0.6) is 5.75 Å². The zero-order valence-corrected chi connectivity index (χ0v) is 22.3. The Kier molecular flexibility index (Phi) is 5.56. The molecule has 7 heteroatoms. The molecule has 6 nitrogen and oxygen atoms in total. The van der Waals surface area contributed by atoms with Crippen LogP contribution in [-0.2, 0) is 11.2 Å². The topological polar surface area (TPSA) is 48.4 Å². The van der Waals surface area contributed by atoms with Gasteiger partial charge in [0.05, 0.1) is 24.6 Å². The molecule has 0 bridgehead atoms. The lowest BCUT2D eigenvalue weighted by molar-refractivity contribution is -0.125. The van der Waals surface area contributed by atoms with E-state index in [0.29, 0.717) is 6.42 Å². The van der Waals surface area contributed by atoms with Crippen molar-refractivity contribution >= 4 is 44.6 Å². The van der Waals surface area contributed by atoms with Gasteiger partial charge in [-0.15, -0.1) is 0 Å². The van der Waals surface area contributed by atoms with Crippen molar-refractivity contribution in [3.8, 4) is 5.75 Å². The summed E-state index contributed by atoms with van der Waals surface area (Å²) in [5.41, 5.74) is 5.67. The van der Waals surface area contributed by atoms with Gasteiger partial charge in [0.15, 0.2) is 0 Å². The zero-order chi connectivity index (χ0) is 25.0. The number of halogens is 1. The molecule has 3 aliphatic heterocycles. The minimum absolute atomic E-state index is 0.0336. The predicted octanol–water partition coefficient (Wildman–Crippen LogP) is 5.43. The summed E-state index contributed by atoms with van der Waals surface area (Å²) in [6.45, 7) is 6.52. The highest BCUT2D eigenvalue weighted by atomic mass is 79.9. The molecule has 1 amide bonds. The fourth-order valence-electron chi connectivity index (χ4n) is 5.99. The number of anilines is 3. The minimum atomic E-state index is -0.732. The fraction of sp³-hybridized carbons (Fsp3) is 0.310. The van der Waals surface area contributed by atoms with Gasteiger partial charge in [-0.05, 0) is 80.4 Å². The van der Waals surface area contributed by atoms with Gasteiger partial charge in [-0.2, -0.15) is 10.1 Å². The Bertz CT molecular complexity index is 1350. The van der Waals surface area contributed by atoms with Crippen molar-refractivity contribution in [2.45, 2.75) is 26.3 Å². The average Bonchev–Trinajstić information content (AvgIpc) is 3.14. The number of hydrogen-bond donors (Lipinski definition) is 0. The highest BCUT2D eigenvalue weighted by Crippen LogP contribution is 2.49. The molecule has 3 aliphatic rings. The Hall–Kier alpha value is -3.32. The van der Waals surface area contributed by atoms with E-state index in [9.17, 15) is 4.79 Å². The summed E-state index contributed by atoms with van der Waals surface area (Å²) in [6.07, 6.45) is 0.635. The number of benzene rings is 3. The number of amides is 1. The van der Waals surface area contributed by atoms with Gasteiger partial charge in [0.1, 0.15) is 11.2 Å². The van der Waals surface area contributed by atoms with Crippen molar-refractivity contribution in [1.29, 1.82) is 0 Å². The Balaban J connectivity index is 1.43. The maximum absolute atomic E-state index is 14.4. The van der Waals surface area contributed by atoms with Crippen LogP contribution in [-0.4, -0.2) is 44.4 Å². The lowest BCUT2D eigenvalue weighted by atomic mass is 9.67. The molecule has 1 fully saturated rings. The van der Waals surface area contributed by atoms with Crippen LogP contribution in [0.2, 0.25) is 0 Å². The van der Waals surface area contributed by atoms with E-state index in [1.54, 1.807) is 12.1 Å². The number of rotatable bonds is 3. The fourth-order valence-corrected chi connectivity index (χ4v) is 6.40. The molecule has 3 heterocycles. The Labute approximate surface area is 220 Å². The number of ether oxygens (including phenoxy) is 1. The molecule has 0 aliphatic carbocycles. The van der Waals surface area contributed by atoms with E-state index in [1.807, 2.05) is 43.3 Å². The van der Waals surface area contributed by atoms with Crippen molar-refractivity contribution in [2.24, 2.45) is 10.5 Å². The van der Waals surface area contributed by atoms with Gasteiger partial charge < -0.3 is 14.5 Å². The normalized spacial score (nSPS) is 23.0. The van der Waals surface area contributed by atoms with E-state index in [2.05, 4.69) is 63.0 Å². The highest BCUT2D eigenvalue weighted by molar-refractivity contribution is 9.10. The number of piperazine rings is 1. The average molecular weight is 545 g/mol. The number of fused-ring (bicyclic) bond motifs is 4. The zero-order valence-electron chi connectivity index (χ0n) is 20.7. The van der Waals surface area contributed by atoms with E-state index in [4.69, 9.17) is 9.84 Å². The Morgan fingerprint density at radius 1 is 0.972 bits per heavy atom. The molecule has 1 saturated heterocycles. The lowest BCUT2D eigenvalue weighted by Gasteiger charge is -2.53. The third-order valence-electron chi connectivity index (χ3n) is 7.96. The minimum Gasteiger partial charge on any atom is -0.497 e. The molecular formula is C29H29BrN4O2. The van der Waals surface area contributed by atoms with Crippen molar-refractivity contribution < 1.29 is 9.53 Å². The van der Waals surface area contributed by atoms with Gasteiger partial charge in [0.2, 0.25) is 0 Å². The molecule has 6 rings (SSSR count). The summed E-state index contributed by atoms with van der Waals surface area (Å²) in [5.74, 6) is 0.898. The largest absolute Gasteiger partial charge is 0.497 e. The third-order valence-corrected chi connectivity index (χ3v) is 8.45. The molecule has 0 saturated carbocycles. The predicted molar refractivity (Wildman–Crippen MR) is 148 cm³/mol. The number of methoxy groups -OCH3 is 1. The Morgan fingerprint density at radius 3 is 2.42 bits per heavy atom. The van der Waals surface area contributed by atoms with Crippen LogP contribution in [0.15, 0.2) is 76.3 Å². The number of carbonyl (C=O) groups is 1. The van der Waals surface area contributed by atoms with Crippen LogP contribution in [0.4, 0.5) is 17.1 Å². The van der Waals surface area contributed by atoms with Crippen molar-refractivity contribution in [1.82, 2.24) is 0 Å². The number of carbonyl (C=O) groups excluding carboxylic acids is 1. The first-order valence-electron chi connectivity index (χ1n) is 12.3. The van der Waals surface area contributed by atoms with Crippen LogP contribution >= 0.6 is 15.9 Å². The number of hydrogen-bond acceptors (Lipinski definition) is 5. The van der Waals surface area contributed by atoms with Crippen molar-refractivity contribution in [3.63, 3.8) is 0 Å². The van der Waals surface area contributed by atoms with Gasteiger partial charge >= 0.3 is 0 Å². The summed E-state index contributed by atoms with van der Waals surface area (Å²) in [6, 6.07) is 22.6. The SMILES string of the molecule is COc1ccc(N2CCN3c4ccc(Br)cc4C[C@@]4(C(=O)N(c5ccc(C)cc5)N=C4C)[C@H]3C2)cc1. The first kappa shape index (κ1) is 23.1. The summed E-state index contributed by atoms with van der Waals surface area (Å²) < 4.78 is 6.39. The van der Waals surface area contributed by atoms with Crippen LogP contribution < -0.4 is 19.5 Å². The van der Waals surface area contributed by atoms with Crippen LogP contribution in [0, 0.1) is 12.3 Å². The molecule has 0 N–H and O–H groups in total. The second-order valence-corrected chi connectivity index (χ2v) is 10.8. The lowest BCUT2D eigenvalue weighted by Crippen LogP contribution is -2.67. The molecule has 184 valence electrons. The van der Waals surface area contributed by atoms with E-state index < -0.39 is 5.41 Å². The summed E-state index contributed by atoms with van der Waals surface area (Å²) in [4.78, 5) is 19.2. The number of hydrazone groups is 1. The molecule has 0 radical (unpaired) electrons. The molecule has 1 spiro atoms. The van der Waals surface area contributed by atoms with E-state index >= 15 is 0 Å². The summed E-state index contributed by atoms with van der Waals surface area (Å²) in [5, 5.41) is 6.51. The molecule has 3 aromatic rings. The van der Waals surface area contributed by atoms with Gasteiger partial charge in [0.25, 0.3) is 5.91 Å². The van der Waals surface area contributed by atoms with Gasteiger partial charge in [-0.25, -0.2) is 0 Å². The van der Waals surface area contributed by atoms with E-state index in [-0.39, 0.29) is 11.9 Å². The van der Waals surface area contributed by atoms with Crippen molar-refractivity contribution in [3.05, 3.63) is 82.3 Å². The molecule has 3 aromatic carbocycles. The third kappa shape index (κ3) is 3.52. The number of aryl methyl sites for hydroxylation is 1. The first-order chi connectivity index (χ1) is 17.4. The summed E-state index contributed by atoms with van der Waals surface area (Å²) in [7, 11) is 1.68. The molecular weight excluding hydrogens is 516 g/mol. The summed E-state index contributed by atoms with van der Waals surface area (Å²) >= 11 is 3.65. The smallest absolute Gasteiger partial charge is 0.261 e. The maximum Gasteiger partial charge on any atom is 0.261 e. The van der Waals surface area contributed by atoms with Crippen LogP contribution in [0.25, 0.3) is 0 Å². The molecule has 0 aromatic heterocycles. The second-order valence-electron chi connectivity index (χ2n) is 9.91. The van der Waals surface area contributed by atoms with E-state index in [1.165, 1.54) is 11.3 Å². The monoisotopic (exact) mass is 544 g/mol.